The van der Waals surface area contributed by atoms with Gasteiger partial charge in [0.2, 0.25) is 0 Å². The molecule has 2 aliphatic rings. The second kappa shape index (κ2) is 20.4. The van der Waals surface area contributed by atoms with Crippen LogP contribution in [0.3, 0.4) is 0 Å². The van der Waals surface area contributed by atoms with Gasteiger partial charge >= 0.3 is 0 Å². The van der Waals surface area contributed by atoms with Gasteiger partial charge in [-0.3, -0.25) is 0 Å². The molecule has 0 bridgehead atoms. The zero-order chi connectivity index (χ0) is 29.3. The first-order valence-corrected chi connectivity index (χ1v) is 15.1. The molecule has 0 spiro atoms. The zero-order valence-corrected chi connectivity index (χ0v) is 24.0. The highest BCUT2D eigenvalue weighted by atomic mass is 16.7. The Labute approximate surface area is 238 Å². The van der Waals surface area contributed by atoms with Crippen molar-refractivity contribution in [3.05, 3.63) is 0 Å². The summed E-state index contributed by atoms with van der Waals surface area (Å²) in [6, 6.07) is 0. The normalized spacial score (nSPS) is 34.8. The van der Waals surface area contributed by atoms with Crippen molar-refractivity contribution in [2.24, 2.45) is 0 Å². The summed E-state index contributed by atoms with van der Waals surface area (Å²) >= 11 is 0. The van der Waals surface area contributed by atoms with Gasteiger partial charge in [-0.05, 0) is 6.42 Å². The maximum absolute atomic E-state index is 10.3. The van der Waals surface area contributed by atoms with Crippen LogP contribution in [0.2, 0.25) is 0 Å². The van der Waals surface area contributed by atoms with Crippen LogP contribution in [0.4, 0.5) is 0 Å². The summed E-state index contributed by atoms with van der Waals surface area (Å²) < 4.78 is 27.4. The Kier molecular flexibility index (Phi) is 18.2. The lowest BCUT2D eigenvalue weighted by molar-refractivity contribution is -0.331. The van der Waals surface area contributed by atoms with Gasteiger partial charge in [-0.15, -0.1) is 0 Å². The summed E-state index contributed by atoms with van der Waals surface area (Å²) in [7, 11) is 0. The van der Waals surface area contributed by atoms with Crippen molar-refractivity contribution >= 4 is 0 Å². The number of hydrogen-bond acceptors (Lipinski definition) is 12. The fraction of sp³-hybridized carbons (Fsp3) is 1.00. The fourth-order valence-electron chi connectivity index (χ4n) is 4.96. The summed E-state index contributed by atoms with van der Waals surface area (Å²) in [5.74, 6) is 0. The summed E-state index contributed by atoms with van der Waals surface area (Å²) in [6.45, 7) is 2.20. The number of rotatable bonds is 21. The molecule has 0 aromatic heterocycles. The Balaban J connectivity index is 1.56. The van der Waals surface area contributed by atoms with Crippen molar-refractivity contribution in [1.82, 2.24) is 0 Å². The lowest BCUT2D eigenvalue weighted by Crippen LogP contribution is -2.61. The molecule has 0 aromatic carbocycles. The molecule has 40 heavy (non-hydrogen) atoms. The van der Waals surface area contributed by atoms with Crippen LogP contribution in [0.25, 0.3) is 0 Å². The van der Waals surface area contributed by atoms with E-state index >= 15 is 0 Å². The first kappa shape index (κ1) is 35.7. The van der Waals surface area contributed by atoms with Crippen LogP contribution in [0.15, 0.2) is 0 Å². The fourth-order valence-corrected chi connectivity index (χ4v) is 4.96. The molecule has 0 radical (unpaired) electrons. The quantitative estimate of drug-likeness (QED) is 0.0922. The van der Waals surface area contributed by atoms with Gasteiger partial charge in [0.05, 0.1) is 26.4 Å². The zero-order valence-electron chi connectivity index (χ0n) is 24.0. The Bertz CT molecular complexity index is 626. The molecular weight excluding hydrogens is 528 g/mol. The van der Waals surface area contributed by atoms with Gasteiger partial charge in [0.1, 0.15) is 48.8 Å². The summed E-state index contributed by atoms with van der Waals surface area (Å²) in [4.78, 5) is 0. The molecule has 2 rings (SSSR count). The number of hydrogen-bond donors (Lipinski definition) is 7. The van der Waals surface area contributed by atoms with Crippen LogP contribution in [0.1, 0.15) is 84.0 Å². The molecule has 2 heterocycles. The maximum Gasteiger partial charge on any atom is 0.186 e. The monoisotopic (exact) mass is 582 g/mol. The van der Waals surface area contributed by atoms with E-state index in [1.165, 1.54) is 64.2 Å². The molecule has 0 aliphatic carbocycles. The first-order valence-electron chi connectivity index (χ1n) is 15.1. The molecule has 12 nitrogen and oxygen atoms in total. The molecule has 2 saturated heterocycles. The van der Waals surface area contributed by atoms with E-state index in [-0.39, 0.29) is 13.2 Å². The first-order chi connectivity index (χ1) is 19.3. The van der Waals surface area contributed by atoms with Gasteiger partial charge in [-0.25, -0.2) is 0 Å². The molecule has 2 fully saturated rings. The largest absolute Gasteiger partial charge is 0.394 e. The topological polar surface area (TPSA) is 188 Å². The third-order valence-corrected chi connectivity index (χ3v) is 7.59. The highest BCUT2D eigenvalue weighted by molar-refractivity contribution is 4.91. The van der Waals surface area contributed by atoms with E-state index in [2.05, 4.69) is 6.92 Å². The minimum Gasteiger partial charge on any atom is -0.394 e. The van der Waals surface area contributed by atoms with E-state index in [4.69, 9.17) is 23.7 Å². The van der Waals surface area contributed by atoms with Gasteiger partial charge < -0.3 is 59.4 Å². The lowest BCUT2D eigenvalue weighted by atomic mass is 9.98. The van der Waals surface area contributed by atoms with Crippen molar-refractivity contribution in [2.75, 3.05) is 33.0 Å². The highest BCUT2D eigenvalue weighted by Crippen LogP contribution is 2.26. The number of ether oxygens (including phenoxy) is 5. The van der Waals surface area contributed by atoms with Crippen molar-refractivity contribution in [3.63, 3.8) is 0 Å². The van der Waals surface area contributed by atoms with Gasteiger partial charge in [0.15, 0.2) is 12.6 Å². The summed E-state index contributed by atoms with van der Waals surface area (Å²) in [6.07, 6.45) is 0.838. The molecule has 0 amide bonds. The third-order valence-electron chi connectivity index (χ3n) is 7.59. The minimum absolute atomic E-state index is 0.100. The molecule has 7 N–H and O–H groups in total. The molecule has 0 saturated carbocycles. The molecule has 2 aliphatic heterocycles. The van der Waals surface area contributed by atoms with Crippen LogP contribution in [0, 0.1) is 0 Å². The maximum atomic E-state index is 10.3. The van der Waals surface area contributed by atoms with E-state index < -0.39 is 74.6 Å². The van der Waals surface area contributed by atoms with Crippen molar-refractivity contribution in [2.45, 2.75) is 145 Å². The van der Waals surface area contributed by atoms with Crippen LogP contribution in [-0.2, 0) is 23.7 Å². The Hall–Kier alpha value is -0.480. The van der Waals surface area contributed by atoms with Crippen LogP contribution in [0.5, 0.6) is 0 Å². The lowest BCUT2D eigenvalue weighted by Gasteiger charge is -2.42. The highest BCUT2D eigenvalue weighted by Gasteiger charge is 2.47. The predicted molar refractivity (Wildman–Crippen MR) is 144 cm³/mol. The van der Waals surface area contributed by atoms with Crippen LogP contribution < -0.4 is 0 Å². The molecule has 0 aromatic rings. The van der Waals surface area contributed by atoms with E-state index in [9.17, 15) is 35.7 Å². The van der Waals surface area contributed by atoms with E-state index in [1.807, 2.05) is 0 Å². The smallest absolute Gasteiger partial charge is 0.186 e. The number of aliphatic hydroxyl groups excluding tert-OH is 7. The van der Waals surface area contributed by atoms with Gasteiger partial charge in [0, 0.05) is 6.61 Å². The Morgan fingerprint density at radius 2 is 0.975 bits per heavy atom. The molecule has 238 valence electrons. The van der Waals surface area contributed by atoms with Gasteiger partial charge in [-0.2, -0.15) is 0 Å². The van der Waals surface area contributed by atoms with Crippen molar-refractivity contribution in [1.29, 1.82) is 0 Å². The number of unbranched alkanes of at least 4 members (excludes halogenated alkanes) is 11. The average Bonchev–Trinajstić information content (AvgIpc) is 2.95. The molecule has 10 atom stereocenters. The third kappa shape index (κ3) is 12.0. The van der Waals surface area contributed by atoms with E-state index in [0.717, 1.165) is 12.8 Å². The molecular formula is C28H54O12. The van der Waals surface area contributed by atoms with Crippen LogP contribution >= 0.6 is 0 Å². The minimum atomic E-state index is -1.62. The average molecular weight is 583 g/mol. The van der Waals surface area contributed by atoms with E-state index in [0.29, 0.717) is 6.61 Å². The van der Waals surface area contributed by atoms with E-state index in [1.54, 1.807) is 0 Å². The van der Waals surface area contributed by atoms with Crippen molar-refractivity contribution in [3.8, 4) is 0 Å². The molecule has 12 heteroatoms. The van der Waals surface area contributed by atoms with Crippen LogP contribution in [-0.4, -0.2) is 130 Å². The van der Waals surface area contributed by atoms with Gasteiger partial charge in [0.25, 0.3) is 0 Å². The Morgan fingerprint density at radius 1 is 0.500 bits per heavy atom. The second-order valence-corrected chi connectivity index (χ2v) is 10.9. The molecule has 0 unspecified atom stereocenters. The Morgan fingerprint density at radius 3 is 1.52 bits per heavy atom. The SMILES string of the molecule is CCCCCCCCCCCCCCOCCO[C@H]1O[C@H](CO[C@@H]2O[C@H](CO)[C@H](O)[C@H](O)[C@H]2O)[C@@H](O)[C@H](O)[C@H]1O. The number of aliphatic hydroxyl groups is 7. The standard InChI is InChI=1S/C28H54O12/c1-2-3-4-5-6-7-8-9-10-11-12-13-14-36-15-16-37-27-25(34)24(33)22(31)20(40-27)18-38-28-26(35)23(32)21(30)19(17-29)39-28/h19-35H,2-18H2,1H3/t19-,20-,21+,22-,23+,24+,25-,26-,27+,28-/m1/s1. The summed E-state index contributed by atoms with van der Waals surface area (Å²) in [5.41, 5.74) is 0. The van der Waals surface area contributed by atoms with Gasteiger partial charge in [-0.1, -0.05) is 77.6 Å². The predicted octanol–water partition coefficient (Wildman–Crippen LogP) is 0.345. The second-order valence-electron chi connectivity index (χ2n) is 10.9. The van der Waals surface area contributed by atoms with Crippen molar-refractivity contribution < 1.29 is 59.4 Å². The summed E-state index contributed by atoms with van der Waals surface area (Å²) in [5, 5.41) is 69.9.